The Morgan fingerprint density at radius 2 is 1.44 bits per heavy atom. The summed E-state index contributed by atoms with van der Waals surface area (Å²) in [4.78, 5) is 10.1. The number of carboxylic acid groups (broad SMARTS) is 1. The molecule has 0 heterocycles. The van der Waals surface area contributed by atoms with Crippen LogP contribution in [-0.4, -0.2) is 57.3 Å². The minimum absolute atomic E-state index is 0.0300. The van der Waals surface area contributed by atoms with E-state index in [2.05, 4.69) is 0 Å². The van der Waals surface area contributed by atoms with E-state index in [1.807, 2.05) is 0 Å². The Bertz CT molecular complexity index is 165. The second kappa shape index (κ2) is 12.4. The molecule has 0 aliphatic carbocycles. The topological polar surface area (TPSA) is 91.0 Å². The van der Waals surface area contributed by atoms with E-state index in [1.165, 1.54) is 0 Å². The van der Waals surface area contributed by atoms with Gasteiger partial charge in [0.1, 0.15) is 0 Å². The minimum atomic E-state index is -0.853. The predicted octanol–water partition coefficient (Wildman–Crippen LogP) is -0.140. The molecule has 96 valence electrons. The summed E-state index contributed by atoms with van der Waals surface area (Å²) in [7, 11) is 0. The summed E-state index contributed by atoms with van der Waals surface area (Å²) in [5.74, 6) is -0.853. The van der Waals surface area contributed by atoms with Crippen molar-refractivity contribution in [2.45, 2.75) is 12.8 Å². The van der Waals surface area contributed by atoms with Crippen LogP contribution in [-0.2, 0) is 19.0 Å². The summed E-state index contributed by atoms with van der Waals surface area (Å²) in [5, 5.41) is 8.32. The van der Waals surface area contributed by atoms with Crippen molar-refractivity contribution in [1.29, 1.82) is 0 Å². The van der Waals surface area contributed by atoms with E-state index in [0.717, 1.165) is 6.42 Å². The lowest BCUT2D eigenvalue weighted by Gasteiger charge is -2.05. The molecular formula is C10H21NO5. The highest BCUT2D eigenvalue weighted by Crippen LogP contribution is 1.85. The third-order valence-corrected chi connectivity index (χ3v) is 1.70. The van der Waals surface area contributed by atoms with Gasteiger partial charge in [-0.25, -0.2) is 0 Å². The molecule has 0 saturated heterocycles. The van der Waals surface area contributed by atoms with Gasteiger partial charge in [0.05, 0.1) is 39.5 Å². The smallest absolute Gasteiger partial charge is 0.305 e. The SMILES string of the molecule is NCCCOCCOCCOCCC(=O)O. The molecule has 0 amide bonds. The van der Waals surface area contributed by atoms with Gasteiger partial charge >= 0.3 is 5.97 Å². The molecule has 0 aliphatic rings. The van der Waals surface area contributed by atoms with Crippen LogP contribution in [0, 0.1) is 0 Å². The molecule has 0 atom stereocenters. The van der Waals surface area contributed by atoms with Crippen molar-refractivity contribution in [3.05, 3.63) is 0 Å². The first-order chi connectivity index (χ1) is 7.77. The van der Waals surface area contributed by atoms with Crippen LogP contribution in [0.25, 0.3) is 0 Å². The standard InChI is InChI=1S/C10H21NO5/c11-3-1-4-14-6-8-16-9-7-15-5-2-10(12)13/h1-9,11H2,(H,12,13). The summed E-state index contributed by atoms with van der Waals surface area (Å²) < 4.78 is 15.4. The lowest BCUT2D eigenvalue weighted by atomic mass is 10.5. The van der Waals surface area contributed by atoms with Gasteiger partial charge in [-0.15, -0.1) is 0 Å². The van der Waals surface area contributed by atoms with E-state index >= 15 is 0 Å². The van der Waals surface area contributed by atoms with Gasteiger partial charge in [0.15, 0.2) is 0 Å². The average molecular weight is 235 g/mol. The summed E-state index contributed by atoms with van der Waals surface area (Å²) in [5.41, 5.74) is 5.29. The fourth-order valence-corrected chi connectivity index (χ4v) is 0.887. The average Bonchev–Trinajstić information content (AvgIpc) is 2.25. The van der Waals surface area contributed by atoms with E-state index in [0.29, 0.717) is 39.6 Å². The first-order valence-corrected chi connectivity index (χ1v) is 5.42. The van der Waals surface area contributed by atoms with Gasteiger partial charge in [-0.05, 0) is 13.0 Å². The van der Waals surface area contributed by atoms with Crippen LogP contribution in [0.3, 0.4) is 0 Å². The molecule has 0 aromatic heterocycles. The molecule has 0 radical (unpaired) electrons. The number of hydrogen-bond acceptors (Lipinski definition) is 5. The Kier molecular flexibility index (Phi) is 11.8. The van der Waals surface area contributed by atoms with E-state index in [9.17, 15) is 4.79 Å². The first-order valence-electron chi connectivity index (χ1n) is 5.42. The molecule has 0 aromatic carbocycles. The number of rotatable bonds is 12. The molecule has 0 unspecified atom stereocenters. The molecular weight excluding hydrogens is 214 g/mol. The third-order valence-electron chi connectivity index (χ3n) is 1.70. The first kappa shape index (κ1) is 15.3. The minimum Gasteiger partial charge on any atom is -0.481 e. The maximum absolute atomic E-state index is 10.1. The van der Waals surface area contributed by atoms with Crippen LogP contribution in [0.1, 0.15) is 12.8 Å². The number of ether oxygens (including phenoxy) is 3. The van der Waals surface area contributed by atoms with Gasteiger partial charge in [0.2, 0.25) is 0 Å². The van der Waals surface area contributed by atoms with E-state index < -0.39 is 5.97 Å². The molecule has 0 rings (SSSR count). The number of carbonyl (C=O) groups is 1. The third kappa shape index (κ3) is 13.3. The van der Waals surface area contributed by atoms with Crippen molar-refractivity contribution in [1.82, 2.24) is 0 Å². The number of hydrogen-bond donors (Lipinski definition) is 2. The van der Waals surface area contributed by atoms with Crippen LogP contribution in [0.5, 0.6) is 0 Å². The predicted molar refractivity (Wildman–Crippen MR) is 58.4 cm³/mol. The molecule has 16 heavy (non-hydrogen) atoms. The monoisotopic (exact) mass is 235 g/mol. The van der Waals surface area contributed by atoms with Crippen LogP contribution < -0.4 is 5.73 Å². The van der Waals surface area contributed by atoms with Crippen molar-refractivity contribution >= 4 is 5.97 Å². The lowest BCUT2D eigenvalue weighted by Crippen LogP contribution is -2.12. The Balaban J connectivity index is 2.90. The Labute approximate surface area is 95.7 Å². The van der Waals surface area contributed by atoms with Gasteiger partial charge < -0.3 is 25.1 Å². The lowest BCUT2D eigenvalue weighted by molar-refractivity contribution is -0.138. The van der Waals surface area contributed by atoms with Crippen LogP contribution >= 0.6 is 0 Å². The summed E-state index contributed by atoms with van der Waals surface area (Å²) >= 11 is 0. The molecule has 0 saturated carbocycles. The van der Waals surface area contributed by atoms with Gasteiger partial charge in [-0.1, -0.05) is 0 Å². The van der Waals surface area contributed by atoms with Crippen molar-refractivity contribution in [2.24, 2.45) is 5.73 Å². The number of nitrogens with two attached hydrogens (primary N) is 1. The zero-order valence-electron chi connectivity index (χ0n) is 9.52. The summed E-state index contributed by atoms with van der Waals surface area (Å²) in [6.45, 7) is 3.47. The Morgan fingerprint density at radius 1 is 0.938 bits per heavy atom. The van der Waals surface area contributed by atoms with Crippen LogP contribution in [0.4, 0.5) is 0 Å². The molecule has 0 spiro atoms. The maximum Gasteiger partial charge on any atom is 0.305 e. The van der Waals surface area contributed by atoms with Crippen molar-refractivity contribution in [3.63, 3.8) is 0 Å². The quantitative estimate of drug-likeness (QED) is 0.457. The Hall–Kier alpha value is -0.690. The highest BCUT2D eigenvalue weighted by molar-refractivity contribution is 5.66. The largest absolute Gasteiger partial charge is 0.481 e. The maximum atomic E-state index is 10.1. The van der Waals surface area contributed by atoms with Gasteiger partial charge in [-0.3, -0.25) is 4.79 Å². The zero-order valence-corrected chi connectivity index (χ0v) is 9.52. The zero-order chi connectivity index (χ0) is 12.1. The molecule has 0 fully saturated rings. The van der Waals surface area contributed by atoms with Crippen molar-refractivity contribution < 1.29 is 24.1 Å². The van der Waals surface area contributed by atoms with E-state index in [-0.39, 0.29) is 13.0 Å². The van der Waals surface area contributed by atoms with Crippen molar-refractivity contribution in [2.75, 3.05) is 46.2 Å². The van der Waals surface area contributed by atoms with Crippen molar-refractivity contribution in [3.8, 4) is 0 Å². The highest BCUT2D eigenvalue weighted by Gasteiger charge is 1.96. The molecule has 6 nitrogen and oxygen atoms in total. The fraction of sp³-hybridized carbons (Fsp3) is 0.900. The molecule has 3 N–H and O–H groups in total. The molecule has 0 aromatic rings. The van der Waals surface area contributed by atoms with E-state index in [1.54, 1.807) is 0 Å². The van der Waals surface area contributed by atoms with Crippen LogP contribution in [0.15, 0.2) is 0 Å². The number of carboxylic acids is 1. The normalized spacial score (nSPS) is 10.6. The summed E-state index contributed by atoms with van der Waals surface area (Å²) in [6, 6.07) is 0. The second-order valence-corrected chi connectivity index (χ2v) is 3.12. The fourth-order valence-electron chi connectivity index (χ4n) is 0.887. The molecule has 0 bridgehead atoms. The number of aliphatic carboxylic acids is 1. The molecule has 0 aliphatic heterocycles. The summed E-state index contributed by atoms with van der Waals surface area (Å²) in [6.07, 6.45) is 0.889. The highest BCUT2D eigenvalue weighted by atomic mass is 16.5. The van der Waals surface area contributed by atoms with E-state index in [4.69, 9.17) is 25.1 Å². The van der Waals surface area contributed by atoms with Gasteiger partial charge in [0, 0.05) is 6.61 Å². The van der Waals surface area contributed by atoms with Gasteiger partial charge in [-0.2, -0.15) is 0 Å². The Morgan fingerprint density at radius 3 is 1.94 bits per heavy atom. The van der Waals surface area contributed by atoms with Gasteiger partial charge in [0.25, 0.3) is 0 Å². The second-order valence-electron chi connectivity index (χ2n) is 3.12. The van der Waals surface area contributed by atoms with Crippen LogP contribution in [0.2, 0.25) is 0 Å². The molecule has 6 heteroatoms.